The molecule has 2 rings (SSSR count). The van der Waals surface area contributed by atoms with Crippen molar-refractivity contribution >= 4 is 5.91 Å². The summed E-state index contributed by atoms with van der Waals surface area (Å²) in [6.07, 6.45) is 9.87. The van der Waals surface area contributed by atoms with Crippen molar-refractivity contribution in [3.05, 3.63) is 0 Å². The summed E-state index contributed by atoms with van der Waals surface area (Å²) >= 11 is 0. The van der Waals surface area contributed by atoms with Gasteiger partial charge in [-0.3, -0.25) is 4.79 Å². The van der Waals surface area contributed by atoms with Gasteiger partial charge in [-0.05, 0) is 57.7 Å². The smallest absolute Gasteiger partial charge is 0.239 e. The average Bonchev–Trinajstić information content (AvgIpc) is 3.21. The Balaban J connectivity index is 2.02. The monoisotopic (exact) mass is 281 g/mol. The number of carbonyl (C=O) groups is 1. The van der Waals surface area contributed by atoms with Crippen molar-refractivity contribution in [3.63, 3.8) is 0 Å². The van der Waals surface area contributed by atoms with E-state index in [0.29, 0.717) is 5.92 Å². The summed E-state index contributed by atoms with van der Waals surface area (Å²) in [4.78, 5) is 14.6. The summed E-state index contributed by atoms with van der Waals surface area (Å²) in [5, 5.41) is 3.51. The van der Waals surface area contributed by atoms with Crippen LogP contribution >= 0.6 is 0 Å². The molecule has 3 N–H and O–H groups in total. The molecule has 4 heteroatoms. The van der Waals surface area contributed by atoms with Gasteiger partial charge in [0.05, 0.1) is 0 Å². The molecule has 2 fully saturated rings. The van der Waals surface area contributed by atoms with Crippen molar-refractivity contribution in [3.8, 4) is 0 Å². The fraction of sp³-hybridized carbons (Fsp3) is 0.938. The minimum atomic E-state index is -0.477. The van der Waals surface area contributed by atoms with Crippen LogP contribution in [-0.2, 0) is 4.79 Å². The van der Waals surface area contributed by atoms with E-state index >= 15 is 0 Å². The summed E-state index contributed by atoms with van der Waals surface area (Å²) in [5.41, 5.74) is 5.34. The molecular formula is C16H31N3O. The second kappa shape index (κ2) is 7.41. The highest BCUT2D eigenvalue weighted by molar-refractivity contribution is 5.86. The maximum atomic E-state index is 12.2. The summed E-state index contributed by atoms with van der Waals surface area (Å²) in [6, 6.07) is 0. The molecule has 1 aliphatic heterocycles. The normalized spacial score (nSPS) is 24.6. The van der Waals surface area contributed by atoms with Crippen molar-refractivity contribution in [2.45, 2.75) is 63.8 Å². The number of rotatable bonds is 7. The first-order chi connectivity index (χ1) is 9.69. The fourth-order valence-corrected chi connectivity index (χ4v) is 3.44. The van der Waals surface area contributed by atoms with Gasteiger partial charge in [-0.15, -0.1) is 0 Å². The van der Waals surface area contributed by atoms with Crippen molar-refractivity contribution in [1.29, 1.82) is 0 Å². The van der Waals surface area contributed by atoms with Crippen LogP contribution < -0.4 is 11.1 Å². The predicted octanol–water partition coefficient (Wildman–Crippen LogP) is 1.89. The van der Waals surface area contributed by atoms with Gasteiger partial charge >= 0.3 is 0 Å². The lowest BCUT2D eigenvalue weighted by atomic mass is 9.90. The van der Waals surface area contributed by atoms with Crippen molar-refractivity contribution in [2.75, 3.05) is 26.2 Å². The molecule has 2 aliphatic rings. The third-order valence-electron chi connectivity index (χ3n) is 4.83. The van der Waals surface area contributed by atoms with E-state index < -0.39 is 5.54 Å². The number of amides is 1. The van der Waals surface area contributed by atoms with E-state index in [0.717, 1.165) is 45.4 Å². The van der Waals surface area contributed by atoms with Crippen molar-refractivity contribution in [1.82, 2.24) is 10.2 Å². The molecule has 1 saturated heterocycles. The van der Waals surface area contributed by atoms with Gasteiger partial charge in [0.2, 0.25) is 5.91 Å². The number of carbonyl (C=O) groups excluding carboxylic acids is 1. The van der Waals surface area contributed by atoms with Gasteiger partial charge in [0.25, 0.3) is 0 Å². The molecule has 116 valence electrons. The summed E-state index contributed by atoms with van der Waals surface area (Å²) in [5.74, 6) is 0.313. The lowest BCUT2D eigenvalue weighted by molar-refractivity contribution is -0.126. The first-order valence-electron chi connectivity index (χ1n) is 8.46. The number of hydrogen-bond donors (Lipinski definition) is 2. The molecule has 1 amide bonds. The predicted molar refractivity (Wildman–Crippen MR) is 82.5 cm³/mol. The Bertz CT molecular complexity index is 309. The van der Waals surface area contributed by atoms with Crippen LogP contribution in [0.25, 0.3) is 0 Å². The molecular weight excluding hydrogens is 250 g/mol. The van der Waals surface area contributed by atoms with E-state index in [2.05, 4.69) is 17.1 Å². The summed E-state index contributed by atoms with van der Waals surface area (Å²) < 4.78 is 0. The molecule has 1 atom stereocenters. The first-order valence-corrected chi connectivity index (χ1v) is 8.46. The minimum Gasteiger partial charge on any atom is -0.368 e. The second-order valence-corrected chi connectivity index (χ2v) is 6.58. The third kappa shape index (κ3) is 3.95. The molecule has 1 heterocycles. The number of primary amides is 1. The molecule has 4 nitrogen and oxygen atoms in total. The zero-order valence-corrected chi connectivity index (χ0v) is 13.0. The van der Waals surface area contributed by atoms with E-state index in [9.17, 15) is 4.79 Å². The van der Waals surface area contributed by atoms with Gasteiger partial charge in [0.15, 0.2) is 0 Å². The first kappa shape index (κ1) is 15.8. The second-order valence-electron chi connectivity index (χ2n) is 6.58. The van der Waals surface area contributed by atoms with Gasteiger partial charge in [0, 0.05) is 6.54 Å². The lowest BCUT2D eigenvalue weighted by Gasteiger charge is -2.38. The zero-order valence-electron chi connectivity index (χ0n) is 13.0. The van der Waals surface area contributed by atoms with E-state index in [4.69, 9.17) is 5.73 Å². The molecule has 1 saturated carbocycles. The van der Waals surface area contributed by atoms with Gasteiger partial charge in [0.1, 0.15) is 5.54 Å². The maximum Gasteiger partial charge on any atom is 0.239 e. The minimum absolute atomic E-state index is 0.143. The molecule has 0 aromatic carbocycles. The number of hydrogen-bond acceptors (Lipinski definition) is 3. The maximum absolute atomic E-state index is 12.2. The molecule has 0 aromatic rings. The van der Waals surface area contributed by atoms with Crippen LogP contribution in [0.1, 0.15) is 58.3 Å². The Morgan fingerprint density at radius 2 is 1.80 bits per heavy atom. The highest BCUT2D eigenvalue weighted by Crippen LogP contribution is 2.40. The number of likely N-dealkylation sites (tertiary alicyclic amines) is 1. The highest BCUT2D eigenvalue weighted by Gasteiger charge is 2.50. The van der Waals surface area contributed by atoms with E-state index in [1.807, 2.05) is 0 Å². The summed E-state index contributed by atoms with van der Waals surface area (Å²) in [7, 11) is 0. The van der Waals surface area contributed by atoms with Crippen LogP contribution in [0, 0.1) is 5.92 Å². The molecule has 0 aromatic heterocycles. The van der Waals surface area contributed by atoms with Crippen LogP contribution in [0.5, 0.6) is 0 Å². The van der Waals surface area contributed by atoms with E-state index in [-0.39, 0.29) is 5.91 Å². The Labute approximate surface area is 123 Å². The number of nitrogens with zero attached hydrogens (tertiary/aromatic N) is 1. The number of nitrogens with two attached hydrogens (primary N) is 1. The Morgan fingerprint density at radius 3 is 2.30 bits per heavy atom. The average molecular weight is 281 g/mol. The molecule has 0 radical (unpaired) electrons. The molecule has 0 spiro atoms. The van der Waals surface area contributed by atoms with Gasteiger partial charge in [-0.2, -0.15) is 0 Å². The van der Waals surface area contributed by atoms with Crippen LogP contribution in [0.15, 0.2) is 0 Å². The van der Waals surface area contributed by atoms with Crippen molar-refractivity contribution in [2.24, 2.45) is 11.7 Å². The third-order valence-corrected chi connectivity index (χ3v) is 4.83. The Hall–Kier alpha value is -0.610. The number of nitrogens with one attached hydrogen (secondary N) is 1. The van der Waals surface area contributed by atoms with Crippen LogP contribution in [0.2, 0.25) is 0 Å². The van der Waals surface area contributed by atoms with Gasteiger partial charge in [-0.1, -0.05) is 26.2 Å². The Kier molecular flexibility index (Phi) is 5.85. The van der Waals surface area contributed by atoms with Crippen LogP contribution in [-0.4, -0.2) is 42.5 Å². The molecule has 1 aliphatic carbocycles. The van der Waals surface area contributed by atoms with E-state index in [1.54, 1.807) is 0 Å². The van der Waals surface area contributed by atoms with Crippen molar-refractivity contribution < 1.29 is 4.79 Å². The van der Waals surface area contributed by atoms with Crippen LogP contribution in [0.3, 0.4) is 0 Å². The quantitative estimate of drug-likeness (QED) is 0.749. The zero-order chi connectivity index (χ0) is 14.4. The van der Waals surface area contributed by atoms with E-state index in [1.165, 1.54) is 32.1 Å². The standard InChI is InChI=1S/C16H31N3O/c1-2-10-18-16(15(17)20,14-8-9-14)13-19-11-6-4-3-5-7-12-19/h14,18H,2-13H2,1H3,(H2,17,20). The Morgan fingerprint density at radius 1 is 1.20 bits per heavy atom. The molecule has 1 unspecified atom stereocenters. The van der Waals surface area contributed by atoms with Gasteiger partial charge in [-0.25, -0.2) is 0 Å². The van der Waals surface area contributed by atoms with Crippen LogP contribution in [0.4, 0.5) is 0 Å². The summed E-state index contributed by atoms with van der Waals surface area (Å²) in [6.45, 7) is 6.08. The lowest BCUT2D eigenvalue weighted by Crippen LogP contribution is -2.63. The topological polar surface area (TPSA) is 58.4 Å². The fourth-order valence-electron chi connectivity index (χ4n) is 3.44. The van der Waals surface area contributed by atoms with Gasteiger partial charge < -0.3 is 16.0 Å². The molecule has 0 bridgehead atoms. The molecule has 20 heavy (non-hydrogen) atoms. The largest absolute Gasteiger partial charge is 0.368 e. The SMILES string of the molecule is CCCNC(CN1CCCCCCC1)(C(N)=O)C1CC1. The highest BCUT2D eigenvalue weighted by atomic mass is 16.1.